The third kappa shape index (κ3) is 5.85. The third-order valence-corrected chi connectivity index (χ3v) is 7.95. The Hall–Kier alpha value is -4.44. The molecule has 1 N–H and O–H groups in total. The van der Waals surface area contributed by atoms with Crippen LogP contribution in [-0.2, 0) is 14.8 Å². The number of rotatable bonds is 9. The Morgan fingerprint density at radius 1 is 1.03 bits per heavy atom. The Bertz CT molecular complexity index is 1630. The van der Waals surface area contributed by atoms with Gasteiger partial charge in [-0.3, -0.25) is 9.10 Å². The van der Waals surface area contributed by atoms with Crippen molar-refractivity contribution in [2.45, 2.75) is 25.7 Å². The number of carbonyl (C=O) groups is 1. The van der Waals surface area contributed by atoms with Gasteiger partial charge < -0.3 is 9.30 Å². The number of sulfonamides is 1. The van der Waals surface area contributed by atoms with Crippen LogP contribution >= 0.6 is 0 Å². The van der Waals surface area contributed by atoms with Crippen molar-refractivity contribution < 1.29 is 22.3 Å². The van der Waals surface area contributed by atoms with Crippen LogP contribution in [0.2, 0.25) is 0 Å². The number of halogens is 1. The second-order valence-electron chi connectivity index (χ2n) is 8.91. The average molecular weight is 549 g/mol. The second-order valence-corrected chi connectivity index (χ2v) is 10.8. The van der Waals surface area contributed by atoms with E-state index in [2.05, 4.69) is 10.5 Å². The summed E-state index contributed by atoms with van der Waals surface area (Å²) >= 11 is 0. The number of para-hydroxylation sites is 1. The van der Waals surface area contributed by atoms with Crippen molar-refractivity contribution in [3.63, 3.8) is 0 Å². The van der Waals surface area contributed by atoms with E-state index in [1.165, 1.54) is 31.5 Å². The van der Waals surface area contributed by atoms with Gasteiger partial charge in [0.05, 0.1) is 29.6 Å². The van der Waals surface area contributed by atoms with Crippen LogP contribution in [0.3, 0.4) is 0 Å². The van der Waals surface area contributed by atoms with Crippen molar-refractivity contribution in [3.05, 3.63) is 107 Å². The maximum Gasteiger partial charge on any atom is 0.264 e. The smallest absolute Gasteiger partial charge is 0.264 e. The van der Waals surface area contributed by atoms with Gasteiger partial charge in [0.1, 0.15) is 18.1 Å². The van der Waals surface area contributed by atoms with Crippen LogP contribution < -0.4 is 14.5 Å². The number of nitrogens with one attached hydrogen (secondary N) is 1. The van der Waals surface area contributed by atoms with Crippen LogP contribution in [0, 0.1) is 26.6 Å². The van der Waals surface area contributed by atoms with Gasteiger partial charge in [-0.1, -0.05) is 36.4 Å². The first-order valence-electron chi connectivity index (χ1n) is 12.1. The van der Waals surface area contributed by atoms with Gasteiger partial charge in [-0.05, 0) is 68.8 Å². The Morgan fingerprint density at radius 3 is 2.41 bits per heavy atom. The number of hydrogen-bond acceptors (Lipinski definition) is 5. The monoisotopic (exact) mass is 548 g/mol. The van der Waals surface area contributed by atoms with Crippen LogP contribution in [0.4, 0.5) is 10.1 Å². The van der Waals surface area contributed by atoms with Gasteiger partial charge in [0.25, 0.3) is 15.9 Å². The number of aromatic nitrogens is 1. The SMILES string of the molecule is COc1ccc(C)cc1N(CC(=O)N/N=C\c1cc(C)n(-c2ccccc2F)c1C)S(=O)(=O)c1ccccc1. The summed E-state index contributed by atoms with van der Waals surface area (Å²) in [5.41, 5.74) is 6.04. The highest BCUT2D eigenvalue weighted by atomic mass is 32.2. The molecule has 1 amide bonds. The first-order chi connectivity index (χ1) is 18.6. The molecule has 0 radical (unpaired) electrons. The molecule has 10 heteroatoms. The van der Waals surface area contributed by atoms with E-state index in [1.54, 1.807) is 59.2 Å². The van der Waals surface area contributed by atoms with Gasteiger partial charge in [0, 0.05) is 17.0 Å². The Kier molecular flexibility index (Phi) is 8.15. The minimum absolute atomic E-state index is 0.0328. The van der Waals surface area contributed by atoms with E-state index >= 15 is 0 Å². The topological polar surface area (TPSA) is 93.0 Å². The molecule has 0 aliphatic carbocycles. The molecule has 0 aliphatic rings. The molecule has 0 saturated heterocycles. The fourth-order valence-corrected chi connectivity index (χ4v) is 5.72. The number of carbonyl (C=O) groups excluding carboxylic acids is 1. The molecule has 0 fully saturated rings. The number of methoxy groups -OCH3 is 1. The summed E-state index contributed by atoms with van der Waals surface area (Å²) in [6.07, 6.45) is 1.45. The highest BCUT2D eigenvalue weighted by Gasteiger charge is 2.29. The highest BCUT2D eigenvalue weighted by molar-refractivity contribution is 7.92. The van der Waals surface area contributed by atoms with Crippen molar-refractivity contribution in [2.75, 3.05) is 18.0 Å². The largest absolute Gasteiger partial charge is 0.495 e. The number of hydrogen-bond donors (Lipinski definition) is 1. The Labute approximate surface area is 227 Å². The number of ether oxygens (including phenoxy) is 1. The quantitative estimate of drug-likeness (QED) is 0.238. The van der Waals surface area contributed by atoms with Crippen molar-refractivity contribution in [2.24, 2.45) is 5.10 Å². The summed E-state index contributed by atoms with van der Waals surface area (Å²) in [6.45, 7) is 4.94. The molecule has 4 rings (SSSR count). The maximum absolute atomic E-state index is 14.4. The average Bonchev–Trinajstić information content (AvgIpc) is 3.20. The maximum atomic E-state index is 14.4. The van der Waals surface area contributed by atoms with Gasteiger partial charge in [-0.25, -0.2) is 18.2 Å². The molecule has 4 aromatic rings. The van der Waals surface area contributed by atoms with Crippen LogP contribution in [0.5, 0.6) is 5.75 Å². The fraction of sp³-hybridized carbons (Fsp3) is 0.172. The number of benzene rings is 3. The molecular weight excluding hydrogens is 519 g/mol. The lowest BCUT2D eigenvalue weighted by atomic mass is 10.2. The summed E-state index contributed by atoms with van der Waals surface area (Å²) in [6, 6.07) is 21.2. The summed E-state index contributed by atoms with van der Waals surface area (Å²) < 4.78 is 49.8. The van der Waals surface area contributed by atoms with E-state index in [0.717, 1.165) is 21.3 Å². The molecule has 39 heavy (non-hydrogen) atoms. The zero-order chi connectivity index (χ0) is 28.2. The Morgan fingerprint density at radius 2 is 1.72 bits per heavy atom. The number of amides is 1. The highest BCUT2D eigenvalue weighted by Crippen LogP contribution is 2.33. The van der Waals surface area contributed by atoms with Gasteiger partial charge in [-0.2, -0.15) is 5.10 Å². The van der Waals surface area contributed by atoms with E-state index in [-0.39, 0.29) is 16.4 Å². The summed E-state index contributed by atoms with van der Waals surface area (Å²) in [5, 5.41) is 4.05. The zero-order valence-electron chi connectivity index (χ0n) is 22.1. The first kappa shape index (κ1) is 27.6. The normalized spacial score (nSPS) is 11.5. The minimum Gasteiger partial charge on any atom is -0.495 e. The third-order valence-electron chi connectivity index (χ3n) is 6.18. The molecule has 0 atom stereocenters. The van der Waals surface area contributed by atoms with Gasteiger partial charge in [0.2, 0.25) is 0 Å². The van der Waals surface area contributed by atoms with E-state index in [9.17, 15) is 17.6 Å². The van der Waals surface area contributed by atoms with E-state index < -0.39 is 22.5 Å². The predicted molar refractivity (Wildman–Crippen MR) is 150 cm³/mol. The summed E-state index contributed by atoms with van der Waals surface area (Å²) in [4.78, 5) is 13.0. The van der Waals surface area contributed by atoms with E-state index in [4.69, 9.17) is 4.74 Å². The Balaban J connectivity index is 1.60. The predicted octanol–water partition coefficient (Wildman–Crippen LogP) is 4.90. The molecule has 0 unspecified atom stereocenters. The first-order valence-corrected chi connectivity index (χ1v) is 13.6. The molecule has 0 saturated carbocycles. The molecule has 8 nitrogen and oxygen atoms in total. The van der Waals surface area contributed by atoms with Gasteiger partial charge in [0.15, 0.2) is 0 Å². The van der Waals surface area contributed by atoms with Crippen LogP contribution in [0.25, 0.3) is 5.69 Å². The second kappa shape index (κ2) is 11.5. The number of hydrazone groups is 1. The van der Waals surface area contributed by atoms with Crippen LogP contribution in [0.15, 0.2) is 88.9 Å². The number of aryl methyl sites for hydroxylation is 2. The van der Waals surface area contributed by atoms with Crippen LogP contribution in [-0.4, -0.2) is 38.8 Å². The standard InChI is InChI=1S/C29H29FN4O4S/c1-20-14-15-28(38-4)27(16-20)33(39(36,37)24-10-6-5-7-11-24)19-29(35)32-31-18-23-17-21(2)34(22(23)3)26-13-9-8-12-25(26)30/h5-18H,19H2,1-4H3,(H,32,35)/b31-18-. The van der Waals surface area contributed by atoms with Crippen molar-refractivity contribution in [1.82, 2.24) is 9.99 Å². The van der Waals surface area contributed by atoms with E-state index in [1.807, 2.05) is 26.8 Å². The molecule has 0 spiro atoms. The lowest BCUT2D eigenvalue weighted by Gasteiger charge is -2.25. The van der Waals surface area contributed by atoms with Crippen molar-refractivity contribution >= 4 is 27.8 Å². The molecular formula is C29H29FN4O4S. The van der Waals surface area contributed by atoms with Crippen molar-refractivity contribution in [3.8, 4) is 11.4 Å². The fourth-order valence-electron chi connectivity index (χ4n) is 4.28. The van der Waals surface area contributed by atoms with Crippen LogP contribution in [0.1, 0.15) is 22.5 Å². The molecule has 202 valence electrons. The summed E-state index contributed by atoms with van der Waals surface area (Å²) in [7, 11) is -2.68. The number of nitrogens with zero attached hydrogens (tertiary/aromatic N) is 3. The lowest BCUT2D eigenvalue weighted by Crippen LogP contribution is -2.39. The molecule has 0 bridgehead atoms. The summed E-state index contributed by atoms with van der Waals surface area (Å²) in [5.74, 6) is -0.711. The molecule has 3 aromatic carbocycles. The van der Waals surface area contributed by atoms with E-state index in [0.29, 0.717) is 17.0 Å². The molecule has 0 aliphatic heterocycles. The molecule has 1 heterocycles. The van der Waals surface area contributed by atoms with Crippen molar-refractivity contribution in [1.29, 1.82) is 0 Å². The zero-order valence-corrected chi connectivity index (χ0v) is 22.9. The number of anilines is 1. The lowest BCUT2D eigenvalue weighted by molar-refractivity contribution is -0.119. The van der Waals surface area contributed by atoms with Gasteiger partial charge in [-0.15, -0.1) is 0 Å². The van der Waals surface area contributed by atoms with Gasteiger partial charge >= 0.3 is 0 Å². The molecule has 1 aromatic heterocycles. The minimum atomic E-state index is -4.12.